The molecule has 4 N–H and O–H groups in total. The van der Waals surface area contributed by atoms with Crippen molar-refractivity contribution in [1.29, 1.82) is 0 Å². The van der Waals surface area contributed by atoms with E-state index in [-0.39, 0.29) is 0 Å². The molecule has 1 atom stereocenters. The highest BCUT2D eigenvalue weighted by Gasteiger charge is 2.02. The summed E-state index contributed by atoms with van der Waals surface area (Å²) in [5, 5.41) is 12.5. The summed E-state index contributed by atoms with van der Waals surface area (Å²) < 4.78 is 5.35. The fraction of sp³-hybridized carbons (Fsp3) is 1.00. The van der Waals surface area contributed by atoms with Crippen molar-refractivity contribution in [3.63, 3.8) is 0 Å². The molecule has 92 valence electrons. The molecule has 0 bridgehead atoms. The Balaban J connectivity index is 3.06. The lowest BCUT2D eigenvalue weighted by Gasteiger charge is -2.11. The van der Waals surface area contributed by atoms with Gasteiger partial charge in [0.25, 0.3) is 0 Å². The van der Waals surface area contributed by atoms with Crippen molar-refractivity contribution >= 4 is 0 Å². The molecular formula is C11H26N2O2. The van der Waals surface area contributed by atoms with E-state index < -0.39 is 6.10 Å². The van der Waals surface area contributed by atoms with Crippen LogP contribution in [-0.2, 0) is 4.74 Å². The van der Waals surface area contributed by atoms with Crippen molar-refractivity contribution in [2.45, 2.75) is 38.7 Å². The van der Waals surface area contributed by atoms with Crippen molar-refractivity contribution in [2.75, 3.05) is 32.8 Å². The molecule has 0 aromatic carbocycles. The van der Waals surface area contributed by atoms with Crippen LogP contribution in [0.1, 0.15) is 32.6 Å². The van der Waals surface area contributed by atoms with Crippen molar-refractivity contribution in [2.24, 2.45) is 5.73 Å². The van der Waals surface area contributed by atoms with Gasteiger partial charge in [-0.3, -0.25) is 0 Å². The van der Waals surface area contributed by atoms with E-state index in [0.717, 1.165) is 19.6 Å². The molecule has 0 spiro atoms. The monoisotopic (exact) mass is 218 g/mol. The largest absolute Gasteiger partial charge is 0.389 e. The number of aliphatic hydroxyl groups is 1. The van der Waals surface area contributed by atoms with Gasteiger partial charge in [-0.1, -0.05) is 26.2 Å². The summed E-state index contributed by atoms with van der Waals surface area (Å²) in [5.41, 5.74) is 5.31. The second kappa shape index (κ2) is 11.9. The number of ether oxygens (including phenoxy) is 1. The molecule has 0 aliphatic rings. The highest BCUT2D eigenvalue weighted by atomic mass is 16.5. The van der Waals surface area contributed by atoms with Gasteiger partial charge < -0.3 is 20.9 Å². The molecule has 0 rings (SSSR count). The number of aliphatic hydroxyl groups excluding tert-OH is 1. The highest BCUT2D eigenvalue weighted by molar-refractivity contribution is 4.58. The number of nitrogens with two attached hydrogens (primary N) is 1. The first-order valence-electron chi connectivity index (χ1n) is 5.97. The zero-order chi connectivity index (χ0) is 11.4. The Labute approximate surface area is 93.2 Å². The second-order valence-corrected chi connectivity index (χ2v) is 3.78. The van der Waals surface area contributed by atoms with E-state index in [0.29, 0.717) is 19.7 Å². The summed E-state index contributed by atoms with van der Waals surface area (Å²) in [6, 6.07) is 0. The van der Waals surface area contributed by atoms with Gasteiger partial charge in [-0.05, 0) is 6.42 Å². The quantitative estimate of drug-likeness (QED) is 0.442. The van der Waals surface area contributed by atoms with Gasteiger partial charge in [0, 0.05) is 26.2 Å². The molecule has 1 unspecified atom stereocenters. The third-order valence-electron chi connectivity index (χ3n) is 2.15. The van der Waals surface area contributed by atoms with Crippen molar-refractivity contribution < 1.29 is 9.84 Å². The minimum absolute atomic E-state index is 0.414. The maximum Gasteiger partial charge on any atom is 0.0897 e. The number of rotatable bonds is 11. The first-order chi connectivity index (χ1) is 7.31. The molecule has 0 amide bonds. The van der Waals surface area contributed by atoms with Crippen LogP contribution in [0, 0.1) is 0 Å². The van der Waals surface area contributed by atoms with Crippen LogP contribution in [-0.4, -0.2) is 44.1 Å². The zero-order valence-electron chi connectivity index (χ0n) is 9.87. The molecule has 0 saturated heterocycles. The Morgan fingerprint density at radius 3 is 2.80 bits per heavy atom. The lowest BCUT2D eigenvalue weighted by atomic mass is 10.2. The van der Waals surface area contributed by atoms with Gasteiger partial charge in [0.2, 0.25) is 0 Å². The van der Waals surface area contributed by atoms with Crippen molar-refractivity contribution in [3.05, 3.63) is 0 Å². The van der Waals surface area contributed by atoms with Crippen LogP contribution in [0.3, 0.4) is 0 Å². The van der Waals surface area contributed by atoms with Gasteiger partial charge in [0.05, 0.1) is 12.7 Å². The molecule has 4 heteroatoms. The fourth-order valence-corrected chi connectivity index (χ4v) is 1.28. The van der Waals surface area contributed by atoms with Crippen molar-refractivity contribution in [3.8, 4) is 0 Å². The Kier molecular flexibility index (Phi) is 11.8. The molecule has 0 aliphatic heterocycles. The summed E-state index contributed by atoms with van der Waals surface area (Å²) in [6.45, 7) is 5.27. The zero-order valence-corrected chi connectivity index (χ0v) is 9.87. The predicted octanol–water partition coefficient (Wildman–Crippen LogP) is 0.493. The Morgan fingerprint density at radius 1 is 1.33 bits per heavy atom. The van der Waals surface area contributed by atoms with Gasteiger partial charge in [-0.25, -0.2) is 0 Å². The highest BCUT2D eigenvalue weighted by Crippen LogP contribution is 1.99. The van der Waals surface area contributed by atoms with Crippen LogP contribution >= 0.6 is 0 Å². The van der Waals surface area contributed by atoms with E-state index in [1.54, 1.807) is 0 Å². The van der Waals surface area contributed by atoms with E-state index in [4.69, 9.17) is 10.5 Å². The van der Waals surface area contributed by atoms with Gasteiger partial charge >= 0.3 is 0 Å². The van der Waals surface area contributed by atoms with Crippen LogP contribution in [0.2, 0.25) is 0 Å². The third kappa shape index (κ3) is 11.8. The number of unbranched alkanes of at least 4 members (excludes halogenated alkanes) is 3. The number of nitrogens with one attached hydrogen (secondary N) is 1. The molecule has 0 radical (unpaired) electrons. The van der Waals surface area contributed by atoms with Gasteiger partial charge in [-0.2, -0.15) is 0 Å². The van der Waals surface area contributed by atoms with Gasteiger partial charge in [0.1, 0.15) is 0 Å². The lowest BCUT2D eigenvalue weighted by Crippen LogP contribution is -2.33. The predicted molar refractivity (Wildman–Crippen MR) is 62.9 cm³/mol. The van der Waals surface area contributed by atoms with Gasteiger partial charge in [0.15, 0.2) is 0 Å². The van der Waals surface area contributed by atoms with Crippen LogP contribution in [0.4, 0.5) is 0 Å². The third-order valence-corrected chi connectivity index (χ3v) is 2.15. The van der Waals surface area contributed by atoms with Crippen molar-refractivity contribution in [1.82, 2.24) is 5.32 Å². The number of hydrogen-bond donors (Lipinski definition) is 3. The summed E-state index contributed by atoms with van der Waals surface area (Å²) >= 11 is 0. The van der Waals surface area contributed by atoms with E-state index in [1.807, 2.05) is 0 Å². The van der Waals surface area contributed by atoms with Gasteiger partial charge in [-0.15, -0.1) is 0 Å². The van der Waals surface area contributed by atoms with E-state index in [9.17, 15) is 5.11 Å². The smallest absolute Gasteiger partial charge is 0.0897 e. The second-order valence-electron chi connectivity index (χ2n) is 3.78. The average Bonchev–Trinajstić information content (AvgIpc) is 2.23. The molecule has 0 aromatic heterocycles. The average molecular weight is 218 g/mol. The summed E-state index contributed by atoms with van der Waals surface area (Å²) in [6.07, 6.45) is 4.41. The first kappa shape index (κ1) is 14.8. The molecule has 0 fully saturated rings. The van der Waals surface area contributed by atoms with E-state index in [2.05, 4.69) is 12.2 Å². The molecule has 4 nitrogen and oxygen atoms in total. The molecular weight excluding hydrogens is 192 g/mol. The fourth-order valence-electron chi connectivity index (χ4n) is 1.28. The molecule has 0 aliphatic carbocycles. The maximum atomic E-state index is 9.45. The lowest BCUT2D eigenvalue weighted by molar-refractivity contribution is 0.0357. The van der Waals surface area contributed by atoms with Crippen LogP contribution in [0.15, 0.2) is 0 Å². The van der Waals surface area contributed by atoms with Crippen LogP contribution < -0.4 is 11.1 Å². The summed E-state index contributed by atoms with van der Waals surface area (Å²) in [4.78, 5) is 0. The van der Waals surface area contributed by atoms with E-state index in [1.165, 1.54) is 19.3 Å². The summed E-state index contributed by atoms with van der Waals surface area (Å²) in [5.74, 6) is 0. The normalized spacial score (nSPS) is 13.0. The Morgan fingerprint density at radius 2 is 2.13 bits per heavy atom. The van der Waals surface area contributed by atoms with Crippen LogP contribution in [0.5, 0.6) is 0 Å². The molecule has 15 heavy (non-hydrogen) atoms. The maximum absolute atomic E-state index is 9.45. The van der Waals surface area contributed by atoms with Crippen LogP contribution in [0.25, 0.3) is 0 Å². The minimum Gasteiger partial charge on any atom is -0.389 e. The molecule has 0 saturated carbocycles. The minimum atomic E-state index is -0.414. The summed E-state index contributed by atoms with van der Waals surface area (Å²) in [7, 11) is 0. The topological polar surface area (TPSA) is 67.5 Å². The molecule has 0 aromatic rings. The SMILES string of the molecule is CCCCCCOCC(O)CNCCN. The Hall–Kier alpha value is -0.160. The van der Waals surface area contributed by atoms with E-state index >= 15 is 0 Å². The standard InChI is InChI=1S/C11H26N2O2/c1-2-3-4-5-8-15-10-11(14)9-13-7-6-12/h11,13-14H,2-10,12H2,1H3. The number of hydrogen-bond acceptors (Lipinski definition) is 4. The Bertz CT molecular complexity index is 123. The first-order valence-corrected chi connectivity index (χ1v) is 5.97. The molecule has 0 heterocycles.